The summed E-state index contributed by atoms with van der Waals surface area (Å²) in [5.41, 5.74) is 0.931. The lowest BCUT2D eigenvalue weighted by molar-refractivity contribution is -0.116. The van der Waals surface area contributed by atoms with Crippen LogP contribution in [0.2, 0.25) is 0 Å². The Kier molecular flexibility index (Phi) is 5.10. The van der Waals surface area contributed by atoms with Gasteiger partial charge in [-0.05, 0) is 32.4 Å². The van der Waals surface area contributed by atoms with Crippen LogP contribution in [0.5, 0.6) is 0 Å². The molecular formula is C14H17N3O3S. The summed E-state index contributed by atoms with van der Waals surface area (Å²) in [5, 5.41) is 6.07. The summed E-state index contributed by atoms with van der Waals surface area (Å²) >= 11 is 1.46. The largest absolute Gasteiger partial charge is 0.459 e. The number of carbonyl (C=O) groups is 2. The van der Waals surface area contributed by atoms with Gasteiger partial charge in [-0.3, -0.25) is 9.59 Å². The Morgan fingerprint density at radius 1 is 1.38 bits per heavy atom. The van der Waals surface area contributed by atoms with Gasteiger partial charge in [0.25, 0.3) is 5.91 Å². The molecule has 2 amide bonds. The predicted octanol–water partition coefficient (Wildman–Crippen LogP) is 2.50. The fourth-order valence-corrected chi connectivity index (χ4v) is 2.48. The van der Waals surface area contributed by atoms with Crippen molar-refractivity contribution in [2.24, 2.45) is 0 Å². The topological polar surface area (TPSA) is 84.2 Å². The zero-order valence-electron chi connectivity index (χ0n) is 11.9. The van der Waals surface area contributed by atoms with Crippen LogP contribution in [0.3, 0.4) is 0 Å². The van der Waals surface area contributed by atoms with Crippen molar-refractivity contribution in [3.05, 3.63) is 34.7 Å². The highest BCUT2D eigenvalue weighted by atomic mass is 32.1. The Hall–Kier alpha value is -2.15. The minimum atomic E-state index is -0.272. The molecule has 0 atom stereocenters. The van der Waals surface area contributed by atoms with Crippen LogP contribution < -0.4 is 10.6 Å². The number of amides is 2. The molecule has 0 bridgehead atoms. The van der Waals surface area contributed by atoms with E-state index in [2.05, 4.69) is 15.6 Å². The number of hydrogen-bond acceptors (Lipinski definition) is 5. The number of nitrogens with one attached hydrogen (secondary N) is 2. The van der Waals surface area contributed by atoms with Crippen LogP contribution in [0.15, 0.2) is 22.8 Å². The first-order valence-electron chi connectivity index (χ1n) is 6.62. The van der Waals surface area contributed by atoms with Gasteiger partial charge in [-0.1, -0.05) is 0 Å². The third-order valence-electron chi connectivity index (χ3n) is 2.89. The lowest BCUT2D eigenvalue weighted by Gasteiger charge is -2.03. The Bertz CT molecular complexity index is 600. The Morgan fingerprint density at radius 2 is 2.19 bits per heavy atom. The molecule has 0 spiro atoms. The van der Waals surface area contributed by atoms with Crippen molar-refractivity contribution < 1.29 is 14.0 Å². The summed E-state index contributed by atoms with van der Waals surface area (Å²) in [6.45, 7) is 4.29. The van der Waals surface area contributed by atoms with Gasteiger partial charge in [-0.2, -0.15) is 0 Å². The minimum Gasteiger partial charge on any atom is -0.459 e. The van der Waals surface area contributed by atoms with E-state index in [4.69, 9.17) is 4.42 Å². The van der Waals surface area contributed by atoms with E-state index in [-0.39, 0.29) is 17.6 Å². The van der Waals surface area contributed by atoms with Crippen molar-refractivity contribution in [2.45, 2.75) is 26.7 Å². The molecule has 0 fully saturated rings. The average molecular weight is 307 g/mol. The first-order valence-corrected chi connectivity index (χ1v) is 7.43. The van der Waals surface area contributed by atoms with Crippen LogP contribution in [0, 0.1) is 13.8 Å². The third-order valence-corrected chi connectivity index (χ3v) is 3.87. The SMILES string of the molecule is Cc1nc(NC(=O)CCCNC(=O)c2ccco2)sc1C. The molecular weight excluding hydrogens is 290 g/mol. The summed E-state index contributed by atoms with van der Waals surface area (Å²) in [6.07, 6.45) is 2.33. The van der Waals surface area contributed by atoms with Gasteiger partial charge < -0.3 is 15.1 Å². The summed E-state index contributed by atoms with van der Waals surface area (Å²) in [6, 6.07) is 3.25. The smallest absolute Gasteiger partial charge is 0.286 e. The molecule has 0 aliphatic rings. The molecule has 2 aromatic heterocycles. The molecule has 21 heavy (non-hydrogen) atoms. The molecule has 0 aromatic carbocycles. The second-order valence-electron chi connectivity index (χ2n) is 4.55. The maximum atomic E-state index is 11.7. The maximum absolute atomic E-state index is 11.7. The summed E-state index contributed by atoms with van der Waals surface area (Å²) in [7, 11) is 0. The Balaban J connectivity index is 1.66. The van der Waals surface area contributed by atoms with Gasteiger partial charge in [0.15, 0.2) is 10.9 Å². The van der Waals surface area contributed by atoms with Gasteiger partial charge in [-0.25, -0.2) is 4.98 Å². The molecule has 2 heterocycles. The van der Waals surface area contributed by atoms with Crippen molar-refractivity contribution in [3.63, 3.8) is 0 Å². The summed E-state index contributed by atoms with van der Waals surface area (Å²) in [5.74, 6) is -0.101. The van der Waals surface area contributed by atoms with Crippen molar-refractivity contribution >= 4 is 28.3 Å². The van der Waals surface area contributed by atoms with Crippen molar-refractivity contribution in [3.8, 4) is 0 Å². The lowest BCUT2D eigenvalue weighted by Crippen LogP contribution is -2.25. The Labute approximate surface area is 126 Å². The minimum absolute atomic E-state index is 0.101. The average Bonchev–Trinajstić information content (AvgIpc) is 3.06. The molecule has 2 N–H and O–H groups in total. The number of hydrogen-bond donors (Lipinski definition) is 2. The number of rotatable bonds is 6. The second-order valence-corrected chi connectivity index (χ2v) is 5.75. The number of furan rings is 1. The molecule has 0 aliphatic carbocycles. The molecule has 0 saturated carbocycles. The number of anilines is 1. The van der Waals surface area contributed by atoms with E-state index in [0.717, 1.165) is 10.6 Å². The number of aryl methyl sites for hydroxylation is 2. The second kappa shape index (κ2) is 7.03. The van der Waals surface area contributed by atoms with Gasteiger partial charge in [0.1, 0.15) is 0 Å². The van der Waals surface area contributed by atoms with Crippen LogP contribution in [0.25, 0.3) is 0 Å². The highest BCUT2D eigenvalue weighted by molar-refractivity contribution is 7.15. The van der Waals surface area contributed by atoms with Crippen molar-refractivity contribution in [1.82, 2.24) is 10.3 Å². The van der Waals surface area contributed by atoms with E-state index in [0.29, 0.717) is 24.5 Å². The number of aromatic nitrogens is 1. The first kappa shape index (κ1) is 15.2. The molecule has 0 radical (unpaired) electrons. The van der Waals surface area contributed by atoms with Gasteiger partial charge in [-0.15, -0.1) is 11.3 Å². The maximum Gasteiger partial charge on any atom is 0.286 e. The van der Waals surface area contributed by atoms with Crippen LogP contribution in [-0.2, 0) is 4.79 Å². The van der Waals surface area contributed by atoms with Crippen molar-refractivity contribution in [1.29, 1.82) is 0 Å². The lowest BCUT2D eigenvalue weighted by atomic mass is 10.3. The van der Waals surface area contributed by atoms with E-state index in [1.165, 1.54) is 17.6 Å². The van der Waals surface area contributed by atoms with Crippen LogP contribution >= 0.6 is 11.3 Å². The van der Waals surface area contributed by atoms with E-state index in [1.807, 2.05) is 13.8 Å². The highest BCUT2D eigenvalue weighted by Gasteiger charge is 2.09. The number of nitrogens with zero attached hydrogens (tertiary/aromatic N) is 1. The quantitative estimate of drug-likeness (QED) is 0.803. The molecule has 112 valence electrons. The molecule has 0 unspecified atom stereocenters. The van der Waals surface area contributed by atoms with E-state index in [9.17, 15) is 9.59 Å². The number of thiazole rings is 1. The predicted molar refractivity (Wildman–Crippen MR) is 80.5 cm³/mol. The molecule has 0 saturated heterocycles. The van der Waals surface area contributed by atoms with Gasteiger partial charge >= 0.3 is 0 Å². The summed E-state index contributed by atoms with van der Waals surface area (Å²) in [4.78, 5) is 28.6. The fourth-order valence-electron chi connectivity index (χ4n) is 1.65. The van der Waals surface area contributed by atoms with Gasteiger partial charge in [0, 0.05) is 17.8 Å². The molecule has 2 aromatic rings. The van der Waals surface area contributed by atoms with Crippen LogP contribution in [0.1, 0.15) is 34.0 Å². The standard InChI is InChI=1S/C14H17N3O3S/c1-9-10(2)21-14(16-9)17-12(18)6-3-7-15-13(19)11-5-4-8-20-11/h4-5,8H,3,6-7H2,1-2H3,(H,15,19)(H,16,17,18). The number of carbonyl (C=O) groups excluding carboxylic acids is 2. The zero-order chi connectivity index (χ0) is 15.2. The fraction of sp³-hybridized carbons (Fsp3) is 0.357. The van der Waals surface area contributed by atoms with E-state index < -0.39 is 0 Å². The van der Waals surface area contributed by atoms with Crippen LogP contribution in [0.4, 0.5) is 5.13 Å². The molecule has 6 nitrogen and oxygen atoms in total. The van der Waals surface area contributed by atoms with Crippen molar-refractivity contribution in [2.75, 3.05) is 11.9 Å². The molecule has 7 heteroatoms. The Morgan fingerprint density at radius 3 is 2.81 bits per heavy atom. The monoisotopic (exact) mass is 307 g/mol. The molecule has 2 rings (SSSR count). The van der Waals surface area contributed by atoms with Crippen LogP contribution in [-0.4, -0.2) is 23.3 Å². The zero-order valence-corrected chi connectivity index (χ0v) is 12.8. The van der Waals surface area contributed by atoms with Gasteiger partial charge in [0.2, 0.25) is 5.91 Å². The summed E-state index contributed by atoms with van der Waals surface area (Å²) < 4.78 is 4.97. The van der Waals surface area contributed by atoms with E-state index in [1.54, 1.807) is 12.1 Å². The highest BCUT2D eigenvalue weighted by Crippen LogP contribution is 2.21. The normalized spacial score (nSPS) is 10.4. The first-order chi connectivity index (χ1) is 10.1. The molecule has 0 aliphatic heterocycles. The van der Waals surface area contributed by atoms with Gasteiger partial charge in [0.05, 0.1) is 12.0 Å². The third kappa shape index (κ3) is 4.42. The van der Waals surface area contributed by atoms with E-state index >= 15 is 0 Å².